The van der Waals surface area contributed by atoms with Crippen molar-refractivity contribution in [2.75, 3.05) is 0 Å². The maximum absolute atomic E-state index is 11.2. The Labute approximate surface area is 114 Å². The maximum atomic E-state index is 11.2. The third-order valence-electron chi connectivity index (χ3n) is 5.27. The van der Waals surface area contributed by atoms with Crippen LogP contribution in [0.5, 0.6) is 0 Å². The second-order valence-electron chi connectivity index (χ2n) is 6.22. The van der Waals surface area contributed by atoms with Crippen molar-refractivity contribution < 1.29 is 5.11 Å². The highest BCUT2D eigenvalue weighted by Gasteiger charge is 2.56. The Morgan fingerprint density at radius 3 is 2.56 bits per heavy atom. The zero-order valence-corrected chi connectivity index (χ0v) is 11.6. The number of nitrogens with zero attached hydrogens (tertiary/aromatic N) is 1. The summed E-state index contributed by atoms with van der Waals surface area (Å²) in [6.45, 7) is 0. The molecule has 3 N–H and O–H groups in total. The molecule has 0 aromatic carbocycles. The van der Waals surface area contributed by atoms with Crippen molar-refractivity contribution in [2.45, 2.75) is 68.4 Å². The van der Waals surface area contributed by atoms with Gasteiger partial charge in [0.15, 0.2) is 0 Å². The molecule has 0 aromatic rings. The highest BCUT2D eigenvalue weighted by atomic mass is 35.5. The van der Waals surface area contributed by atoms with Gasteiger partial charge in [0, 0.05) is 5.92 Å². The molecule has 3 aliphatic rings. The number of rotatable bonds is 1. The van der Waals surface area contributed by atoms with E-state index in [9.17, 15) is 5.11 Å². The van der Waals surface area contributed by atoms with E-state index in [1.807, 2.05) is 0 Å². The highest BCUT2D eigenvalue weighted by Crippen LogP contribution is 2.48. The molecule has 2 saturated carbocycles. The second kappa shape index (κ2) is 4.68. The number of nitrogens with two attached hydrogens (primary N) is 1. The molecule has 0 spiro atoms. The van der Waals surface area contributed by atoms with Crippen LogP contribution in [0, 0.1) is 11.8 Å². The second-order valence-corrected chi connectivity index (χ2v) is 6.78. The van der Waals surface area contributed by atoms with E-state index >= 15 is 0 Å². The van der Waals surface area contributed by atoms with Crippen LogP contribution < -0.4 is 5.73 Å². The fourth-order valence-electron chi connectivity index (χ4n) is 4.29. The van der Waals surface area contributed by atoms with E-state index in [1.165, 1.54) is 19.3 Å². The van der Waals surface area contributed by atoms with Gasteiger partial charge in [-0.3, -0.25) is 4.99 Å². The van der Waals surface area contributed by atoms with Gasteiger partial charge >= 0.3 is 0 Å². The summed E-state index contributed by atoms with van der Waals surface area (Å²) >= 11 is 6.38. The van der Waals surface area contributed by atoms with E-state index in [0.717, 1.165) is 32.1 Å². The smallest absolute Gasteiger partial charge is 0.129 e. The number of hydrogen-bond acceptors (Lipinski definition) is 3. The standard InChI is InChI=1S/C14H23ClN2O/c15-11-8-4-7-10-12(11)17-13(16)14(10,18)9-5-2-1-3-6-9/h9-12,18H,1-8H2,(H2,16,17). The number of aliphatic hydroxyl groups is 1. The number of fused-ring (bicyclic) bond motifs is 1. The molecule has 0 bridgehead atoms. The average Bonchev–Trinajstić information content (AvgIpc) is 2.66. The molecular weight excluding hydrogens is 248 g/mol. The number of aliphatic imine (C=N–C) groups is 1. The molecule has 0 amide bonds. The lowest BCUT2D eigenvalue weighted by Crippen LogP contribution is -2.55. The molecule has 0 radical (unpaired) electrons. The van der Waals surface area contributed by atoms with Crippen LogP contribution in [-0.4, -0.2) is 28.0 Å². The predicted molar refractivity (Wildman–Crippen MR) is 73.9 cm³/mol. The van der Waals surface area contributed by atoms with Crippen molar-refractivity contribution in [1.82, 2.24) is 0 Å². The van der Waals surface area contributed by atoms with E-state index in [2.05, 4.69) is 4.99 Å². The van der Waals surface area contributed by atoms with Gasteiger partial charge in [-0.1, -0.05) is 25.7 Å². The van der Waals surface area contributed by atoms with Gasteiger partial charge in [0.05, 0.1) is 11.4 Å². The Bertz CT molecular complexity index is 354. The molecular formula is C14H23ClN2O. The fraction of sp³-hybridized carbons (Fsp3) is 0.929. The summed E-state index contributed by atoms with van der Waals surface area (Å²) in [5.74, 6) is 0.931. The van der Waals surface area contributed by atoms with E-state index in [0.29, 0.717) is 11.8 Å². The quantitative estimate of drug-likeness (QED) is 0.719. The Kier molecular flexibility index (Phi) is 3.31. The largest absolute Gasteiger partial charge is 0.385 e. The third-order valence-corrected chi connectivity index (χ3v) is 5.75. The molecule has 2 aliphatic carbocycles. The fourth-order valence-corrected chi connectivity index (χ4v) is 4.67. The van der Waals surface area contributed by atoms with Gasteiger partial charge in [-0.15, -0.1) is 11.6 Å². The first-order chi connectivity index (χ1) is 8.64. The molecule has 3 nitrogen and oxygen atoms in total. The molecule has 1 aliphatic heterocycles. The summed E-state index contributed by atoms with van der Waals surface area (Å²) in [7, 11) is 0. The van der Waals surface area contributed by atoms with Crippen molar-refractivity contribution in [3.05, 3.63) is 0 Å². The van der Waals surface area contributed by atoms with Crippen LogP contribution in [-0.2, 0) is 0 Å². The van der Waals surface area contributed by atoms with Gasteiger partial charge in [-0.2, -0.15) is 0 Å². The Morgan fingerprint density at radius 1 is 1.11 bits per heavy atom. The molecule has 0 saturated heterocycles. The SMILES string of the molecule is NC1=NC2C(Cl)CCCC2C1(O)C1CCCCC1. The summed E-state index contributed by atoms with van der Waals surface area (Å²) < 4.78 is 0. The van der Waals surface area contributed by atoms with Crippen LogP contribution in [0.15, 0.2) is 4.99 Å². The molecule has 102 valence electrons. The van der Waals surface area contributed by atoms with Gasteiger partial charge in [-0.25, -0.2) is 0 Å². The normalized spacial score (nSPS) is 45.7. The number of amidine groups is 1. The summed E-state index contributed by atoms with van der Waals surface area (Å²) in [4.78, 5) is 4.53. The zero-order valence-electron chi connectivity index (χ0n) is 10.8. The first-order valence-electron chi connectivity index (χ1n) is 7.34. The van der Waals surface area contributed by atoms with Gasteiger partial charge in [0.1, 0.15) is 11.4 Å². The minimum Gasteiger partial charge on any atom is -0.385 e. The Morgan fingerprint density at radius 2 is 1.83 bits per heavy atom. The summed E-state index contributed by atoms with van der Waals surface area (Å²) in [5, 5.41) is 11.2. The monoisotopic (exact) mass is 270 g/mol. The summed E-state index contributed by atoms with van der Waals surface area (Å²) in [5.41, 5.74) is 5.24. The van der Waals surface area contributed by atoms with Crippen LogP contribution in [0.3, 0.4) is 0 Å². The van der Waals surface area contributed by atoms with Gasteiger partial charge in [0.25, 0.3) is 0 Å². The Hall–Kier alpha value is -0.280. The number of alkyl halides is 1. The van der Waals surface area contributed by atoms with Crippen molar-refractivity contribution >= 4 is 17.4 Å². The van der Waals surface area contributed by atoms with Gasteiger partial charge in [0.2, 0.25) is 0 Å². The predicted octanol–water partition coefficient (Wildman–Crippen LogP) is 2.44. The van der Waals surface area contributed by atoms with Crippen LogP contribution in [0.4, 0.5) is 0 Å². The van der Waals surface area contributed by atoms with Gasteiger partial charge in [-0.05, 0) is 31.6 Å². The molecule has 4 heteroatoms. The summed E-state index contributed by atoms with van der Waals surface area (Å²) in [6.07, 6.45) is 8.99. The van der Waals surface area contributed by atoms with Crippen LogP contribution in [0.1, 0.15) is 51.4 Å². The van der Waals surface area contributed by atoms with E-state index in [-0.39, 0.29) is 17.3 Å². The van der Waals surface area contributed by atoms with E-state index in [4.69, 9.17) is 17.3 Å². The number of halogens is 1. The number of hydrogen-bond donors (Lipinski definition) is 2. The Balaban J connectivity index is 1.88. The van der Waals surface area contributed by atoms with Crippen molar-refractivity contribution in [2.24, 2.45) is 22.6 Å². The topological polar surface area (TPSA) is 58.6 Å². The summed E-state index contributed by atoms with van der Waals surface area (Å²) in [6, 6.07) is 0.0485. The lowest BCUT2D eigenvalue weighted by Gasteiger charge is -2.43. The minimum absolute atomic E-state index is 0.0485. The van der Waals surface area contributed by atoms with Crippen LogP contribution in [0.2, 0.25) is 0 Å². The highest BCUT2D eigenvalue weighted by molar-refractivity contribution is 6.21. The van der Waals surface area contributed by atoms with Gasteiger partial charge < -0.3 is 10.8 Å². The van der Waals surface area contributed by atoms with E-state index in [1.54, 1.807) is 0 Å². The molecule has 0 aromatic heterocycles. The molecule has 3 rings (SSSR count). The van der Waals surface area contributed by atoms with Crippen LogP contribution in [0.25, 0.3) is 0 Å². The first kappa shape index (κ1) is 12.7. The third kappa shape index (κ3) is 1.78. The average molecular weight is 271 g/mol. The molecule has 18 heavy (non-hydrogen) atoms. The van der Waals surface area contributed by atoms with Crippen LogP contribution >= 0.6 is 11.6 Å². The van der Waals surface area contributed by atoms with Crippen molar-refractivity contribution in [1.29, 1.82) is 0 Å². The molecule has 4 unspecified atom stereocenters. The maximum Gasteiger partial charge on any atom is 0.129 e. The molecule has 1 heterocycles. The lowest BCUT2D eigenvalue weighted by atomic mass is 9.66. The molecule has 2 fully saturated rings. The minimum atomic E-state index is -0.862. The zero-order chi connectivity index (χ0) is 12.8. The first-order valence-corrected chi connectivity index (χ1v) is 7.78. The van der Waals surface area contributed by atoms with Crippen molar-refractivity contribution in [3.8, 4) is 0 Å². The van der Waals surface area contributed by atoms with E-state index < -0.39 is 5.60 Å². The van der Waals surface area contributed by atoms with Crippen molar-refractivity contribution in [3.63, 3.8) is 0 Å². The lowest BCUT2D eigenvalue weighted by molar-refractivity contribution is -0.0289. The molecule has 4 atom stereocenters.